The van der Waals surface area contributed by atoms with E-state index in [1.807, 2.05) is 18.2 Å². The van der Waals surface area contributed by atoms with E-state index in [0.717, 1.165) is 24.4 Å². The molecule has 0 aliphatic carbocycles. The molecule has 0 radical (unpaired) electrons. The zero-order valence-electron chi connectivity index (χ0n) is 10.5. The Morgan fingerprint density at radius 2 is 1.61 bits per heavy atom. The molecule has 2 nitrogen and oxygen atoms in total. The fourth-order valence-electron chi connectivity index (χ4n) is 2.23. The van der Waals surface area contributed by atoms with E-state index >= 15 is 0 Å². The lowest BCUT2D eigenvalue weighted by molar-refractivity contribution is 0.0354. The van der Waals surface area contributed by atoms with E-state index in [1.54, 1.807) is 0 Å². The molecular formula is C16H17NO. The molecule has 0 bridgehead atoms. The maximum absolute atomic E-state index is 6.16. The minimum absolute atomic E-state index is 0.0646. The van der Waals surface area contributed by atoms with Crippen LogP contribution < -0.4 is 10.1 Å². The zero-order chi connectivity index (χ0) is 12.4. The number of para-hydroxylation sites is 1. The Kier molecular flexibility index (Phi) is 2.80. The second-order valence-electron chi connectivity index (χ2n) is 5.02. The van der Waals surface area contributed by atoms with E-state index in [4.69, 9.17) is 4.74 Å². The van der Waals surface area contributed by atoms with Gasteiger partial charge in [0.05, 0.1) is 0 Å². The van der Waals surface area contributed by atoms with Crippen LogP contribution in [0.4, 0.5) is 0 Å². The zero-order valence-corrected chi connectivity index (χ0v) is 10.5. The highest BCUT2D eigenvalue weighted by atomic mass is 16.5. The van der Waals surface area contributed by atoms with Gasteiger partial charge in [-0.15, -0.1) is 0 Å². The lowest BCUT2D eigenvalue weighted by Gasteiger charge is -2.39. The lowest BCUT2D eigenvalue weighted by atomic mass is 9.99. The van der Waals surface area contributed by atoms with Crippen molar-refractivity contribution < 1.29 is 4.74 Å². The molecule has 1 aliphatic heterocycles. The summed E-state index contributed by atoms with van der Waals surface area (Å²) >= 11 is 0. The van der Waals surface area contributed by atoms with Gasteiger partial charge in [0.1, 0.15) is 11.4 Å². The quantitative estimate of drug-likeness (QED) is 0.888. The second-order valence-corrected chi connectivity index (χ2v) is 5.02. The lowest BCUT2D eigenvalue weighted by Crippen LogP contribution is -2.61. The molecule has 0 spiro atoms. The van der Waals surface area contributed by atoms with Crippen LogP contribution in [0.3, 0.4) is 0 Å². The Labute approximate surface area is 108 Å². The fourth-order valence-corrected chi connectivity index (χ4v) is 2.23. The average Bonchev–Trinajstić information content (AvgIpc) is 2.39. The van der Waals surface area contributed by atoms with Gasteiger partial charge in [-0.1, -0.05) is 48.5 Å². The van der Waals surface area contributed by atoms with Crippen LogP contribution >= 0.6 is 0 Å². The maximum Gasteiger partial charge on any atom is 0.131 e. The SMILES string of the molecule is CC1(Oc2ccccc2-c2ccccc2)CNC1. The highest BCUT2D eigenvalue weighted by molar-refractivity contribution is 5.70. The number of hydrogen-bond acceptors (Lipinski definition) is 2. The molecule has 0 atom stereocenters. The third kappa shape index (κ3) is 2.12. The summed E-state index contributed by atoms with van der Waals surface area (Å²) in [6.07, 6.45) is 0. The standard InChI is InChI=1S/C16H17NO/c1-16(11-17-12-16)18-15-10-6-5-9-14(15)13-7-3-2-4-8-13/h2-10,17H,11-12H2,1H3. The summed E-state index contributed by atoms with van der Waals surface area (Å²) in [6, 6.07) is 18.6. The van der Waals surface area contributed by atoms with Crippen LogP contribution in [-0.4, -0.2) is 18.7 Å². The average molecular weight is 239 g/mol. The Balaban J connectivity index is 1.95. The van der Waals surface area contributed by atoms with Crippen molar-refractivity contribution in [2.75, 3.05) is 13.1 Å². The number of nitrogens with one attached hydrogen (secondary N) is 1. The van der Waals surface area contributed by atoms with Crippen molar-refractivity contribution in [1.82, 2.24) is 5.32 Å². The first-order valence-electron chi connectivity index (χ1n) is 6.31. The van der Waals surface area contributed by atoms with E-state index < -0.39 is 0 Å². The highest BCUT2D eigenvalue weighted by Gasteiger charge is 2.34. The summed E-state index contributed by atoms with van der Waals surface area (Å²) in [7, 11) is 0. The van der Waals surface area contributed by atoms with Crippen molar-refractivity contribution in [2.45, 2.75) is 12.5 Å². The molecule has 1 heterocycles. The van der Waals surface area contributed by atoms with Crippen molar-refractivity contribution in [3.63, 3.8) is 0 Å². The van der Waals surface area contributed by atoms with Gasteiger partial charge in [-0.05, 0) is 18.6 Å². The van der Waals surface area contributed by atoms with Crippen molar-refractivity contribution >= 4 is 0 Å². The summed E-state index contributed by atoms with van der Waals surface area (Å²) in [5.41, 5.74) is 2.29. The van der Waals surface area contributed by atoms with Gasteiger partial charge in [0, 0.05) is 18.7 Å². The summed E-state index contributed by atoms with van der Waals surface area (Å²) in [4.78, 5) is 0. The van der Waals surface area contributed by atoms with Crippen LogP contribution in [0.25, 0.3) is 11.1 Å². The van der Waals surface area contributed by atoms with Crippen molar-refractivity contribution in [2.24, 2.45) is 0 Å². The smallest absolute Gasteiger partial charge is 0.131 e. The minimum Gasteiger partial charge on any atom is -0.484 e. The number of rotatable bonds is 3. The van der Waals surface area contributed by atoms with Gasteiger partial charge < -0.3 is 10.1 Å². The molecule has 1 fully saturated rings. The van der Waals surface area contributed by atoms with Crippen molar-refractivity contribution in [3.05, 3.63) is 54.6 Å². The van der Waals surface area contributed by atoms with Crippen molar-refractivity contribution in [3.8, 4) is 16.9 Å². The maximum atomic E-state index is 6.16. The molecule has 0 saturated carbocycles. The Morgan fingerprint density at radius 1 is 0.944 bits per heavy atom. The van der Waals surface area contributed by atoms with Gasteiger partial charge in [-0.25, -0.2) is 0 Å². The number of ether oxygens (including phenoxy) is 1. The van der Waals surface area contributed by atoms with Crippen LogP contribution in [0, 0.1) is 0 Å². The molecule has 3 rings (SSSR count). The van der Waals surface area contributed by atoms with E-state index in [0.29, 0.717) is 0 Å². The van der Waals surface area contributed by atoms with E-state index in [-0.39, 0.29) is 5.60 Å². The normalized spacial score (nSPS) is 16.9. The predicted octanol–water partition coefficient (Wildman–Crippen LogP) is 3.09. The van der Waals surface area contributed by atoms with Crippen LogP contribution in [-0.2, 0) is 0 Å². The molecular weight excluding hydrogens is 222 g/mol. The molecule has 2 aromatic rings. The van der Waals surface area contributed by atoms with Crippen LogP contribution in [0.15, 0.2) is 54.6 Å². The number of hydrogen-bond donors (Lipinski definition) is 1. The summed E-state index contributed by atoms with van der Waals surface area (Å²) in [5, 5.41) is 3.26. The van der Waals surface area contributed by atoms with Gasteiger partial charge in [0.25, 0.3) is 0 Å². The Hall–Kier alpha value is -1.80. The third-order valence-corrected chi connectivity index (χ3v) is 3.33. The number of benzene rings is 2. The summed E-state index contributed by atoms with van der Waals surface area (Å²) in [5.74, 6) is 0.965. The Morgan fingerprint density at radius 3 is 2.28 bits per heavy atom. The molecule has 0 amide bonds. The van der Waals surface area contributed by atoms with Gasteiger partial charge in [-0.3, -0.25) is 0 Å². The first-order chi connectivity index (χ1) is 8.77. The van der Waals surface area contributed by atoms with E-state index in [9.17, 15) is 0 Å². The molecule has 2 heteroatoms. The van der Waals surface area contributed by atoms with Gasteiger partial charge in [-0.2, -0.15) is 0 Å². The molecule has 1 aliphatic rings. The minimum atomic E-state index is -0.0646. The molecule has 0 aromatic heterocycles. The Bertz CT molecular complexity index is 532. The van der Waals surface area contributed by atoms with E-state index in [2.05, 4.69) is 48.6 Å². The van der Waals surface area contributed by atoms with Crippen LogP contribution in [0.1, 0.15) is 6.92 Å². The second kappa shape index (κ2) is 4.46. The van der Waals surface area contributed by atoms with Crippen LogP contribution in [0.5, 0.6) is 5.75 Å². The molecule has 18 heavy (non-hydrogen) atoms. The molecule has 0 unspecified atom stereocenters. The highest BCUT2D eigenvalue weighted by Crippen LogP contribution is 2.32. The third-order valence-electron chi connectivity index (χ3n) is 3.33. The first kappa shape index (κ1) is 11.3. The topological polar surface area (TPSA) is 21.3 Å². The van der Waals surface area contributed by atoms with Gasteiger partial charge in [0.2, 0.25) is 0 Å². The molecule has 1 saturated heterocycles. The van der Waals surface area contributed by atoms with E-state index in [1.165, 1.54) is 5.56 Å². The largest absolute Gasteiger partial charge is 0.484 e. The first-order valence-corrected chi connectivity index (χ1v) is 6.31. The predicted molar refractivity (Wildman–Crippen MR) is 73.8 cm³/mol. The summed E-state index contributed by atoms with van der Waals surface area (Å²) in [6.45, 7) is 3.97. The molecule has 92 valence electrons. The van der Waals surface area contributed by atoms with Gasteiger partial charge >= 0.3 is 0 Å². The van der Waals surface area contributed by atoms with Crippen LogP contribution in [0.2, 0.25) is 0 Å². The fraction of sp³-hybridized carbons (Fsp3) is 0.250. The molecule has 2 aromatic carbocycles. The van der Waals surface area contributed by atoms with Crippen molar-refractivity contribution in [1.29, 1.82) is 0 Å². The summed E-state index contributed by atoms with van der Waals surface area (Å²) < 4.78 is 6.16. The molecule has 1 N–H and O–H groups in total. The monoisotopic (exact) mass is 239 g/mol. The van der Waals surface area contributed by atoms with Gasteiger partial charge in [0.15, 0.2) is 0 Å².